The molecule has 0 fully saturated rings. The van der Waals surface area contributed by atoms with Gasteiger partial charge in [-0.15, -0.1) is 0 Å². The molecule has 2 heterocycles. The molecule has 0 aliphatic rings. The van der Waals surface area contributed by atoms with E-state index >= 15 is 0 Å². The van der Waals surface area contributed by atoms with Crippen molar-refractivity contribution in [2.24, 2.45) is 0 Å². The minimum atomic E-state index is 0.0354. The van der Waals surface area contributed by atoms with E-state index in [0.717, 1.165) is 11.1 Å². The van der Waals surface area contributed by atoms with Crippen LogP contribution in [0, 0.1) is 0 Å². The molecule has 0 radical (unpaired) electrons. The summed E-state index contributed by atoms with van der Waals surface area (Å²) in [5.41, 5.74) is 8.85. The number of hydrogen-bond donors (Lipinski definition) is 2. The molecule has 102 valence electrons. The van der Waals surface area contributed by atoms with E-state index in [1.807, 2.05) is 28.8 Å². The van der Waals surface area contributed by atoms with Crippen LogP contribution in [0.2, 0.25) is 5.28 Å². The summed E-state index contributed by atoms with van der Waals surface area (Å²) in [6.07, 6.45) is 1.66. The van der Waals surface area contributed by atoms with E-state index < -0.39 is 0 Å². The number of anilines is 1. The van der Waals surface area contributed by atoms with Gasteiger partial charge in [0, 0.05) is 0 Å². The van der Waals surface area contributed by atoms with Crippen molar-refractivity contribution in [3.8, 4) is 0 Å². The number of aromatic nitrogens is 4. The van der Waals surface area contributed by atoms with E-state index in [1.165, 1.54) is 0 Å². The van der Waals surface area contributed by atoms with Gasteiger partial charge in [-0.1, -0.05) is 24.3 Å². The van der Waals surface area contributed by atoms with Gasteiger partial charge in [-0.05, 0) is 22.7 Å². The van der Waals surface area contributed by atoms with Gasteiger partial charge in [-0.2, -0.15) is 9.97 Å². The van der Waals surface area contributed by atoms with E-state index in [4.69, 9.17) is 22.4 Å². The van der Waals surface area contributed by atoms with Gasteiger partial charge >= 0.3 is 0 Å². The summed E-state index contributed by atoms with van der Waals surface area (Å²) in [7, 11) is 0. The van der Waals surface area contributed by atoms with Gasteiger partial charge in [-0.25, -0.2) is 4.98 Å². The molecule has 0 atom stereocenters. The number of fused-ring (bicyclic) bond motifs is 1. The molecule has 3 aromatic rings. The van der Waals surface area contributed by atoms with E-state index in [2.05, 4.69) is 15.0 Å². The third kappa shape index (κ3) is 2.31. The van der Waals surface area contributed by atoms with Crippen molar-refractivity contribution in [2.45, 2.75) is 13.2 Å². The maximum atomic E-state index is 9.03. The predicted octanol–water partition coefficient (Wildman–Crippen LogP) is 1.60. The van der Waals surface area contributed by atoms with Crippen LogP contribution in [-0.2, 0) is 13.2 Å². The smallest absolute Gasteiger partial charge is 0.226 e. The number of aliphatic hydroxyl groups excluding tert-OH is 1. The van der Waals surface area contributed by atoms with Crippen LogP contribution in [0.25, 0.3) is 11.2 Å². The van der Waals surface area contributed by atoms with Crippen molar-refractivity contribution in [2.75, 3.05) is 5.73 Å². The van der Waals surface area contributed by atoms with Crippen LogP contribution >= 0.6 is 11.6 Å². The largest absolute Gasteiger partial charge is 0.392 e. The molecule has 3 N–H and O–H groups in total. The molecule has 20 heavy (non-hydrogen) atoms. The molecule has 0 aliphatic carbocycles. The summed E-state index contributed by atoms with van der Waals surface area (Å²) in [6, 6.07) is 7.66. The quantitative estimate of drug-likeness (QED) is 0.715. The highest BCUT2D eigenvalue weighted by molar-refractivity contribution is 6.28. The zero-order chi connectivity index (χ0) is 14.1. The first-order chi connectivity index (χ1) is 9.67. The minimum absolute atomic E-state index is 0.0354. The maximum absolute atomic E-state index is 9.03. The van der Waals surface area contributed by atoms with Crippen LogP contribution in [0.3, 0.4) is 0 Å². The molecule has 0 bridgehead atoms. The predicted molar refractivity (Wildman–Crippen MR) is 76.2 cm³/mol. The van der Waals surface area contributed by atoms with Crippen LogP contribution in [0.5, 0.6) is 0 Å². The lowest BCUT2D eigenvalue weighted by molar-refractivity contribution is 0.282. The van der Waals surface area contributed by atoms with Crippen molar-refractivity contribution in [1.29, 1.82) is 0 Å². The highest BCUT2D eigenvalue weighted by atomic mass is 35.5. The van der Waals surface area contributed by atoms with Gasteiger partial charge in [0.25, 0.3) is 0 Å². The van der Waals surface area contributed by atoms with E-state index in [-0.39, 0.29) is 17.7 Å². The van der Waals surface area contributed by atoms with Crippen LogP contribution < -0.4 is 5.73 Å². The highest BCUT2D eigenvalue weighted by Gasteiger charge is 2.10. The normalized spacial score (nSPS) is 11.1. The molecule has 6 nitrogen and oxygen atoms in total. The second-order valence-electron chi connectivity index (χ2n) is 4.40. The standard InChI is InChI=1S/C13H12ClN5O/c14-13-17-11(15)10-12(18-13)19(7-16-10)5-8-1-3-9(6-20)4-2-8/h1-4,7,20H,5-6H2,(H2,15,17,18). The Balaban J connectivity index is 1.97. The Morgan fingerprint density at radius 3 is 2.55 bits per heavy atom. The number of rotatable bonds is 3. The van der Waals surface area contributed by atoms with Gasteiger partial charge in [0.2, 0.25) is 5.28 Å². The lowest BCUT2D eigenvalue weighted by atomic mass is 10.1. The molecule has 0 saturated heterocycles. The van der Waals surface area contributed by atoms with Crippen molar-refractivity contribution >= 4 is 28.6 Å². The third-order valence-corrected chi connectivity index (χ3v) is 3.19. The SMILES string of the molecule is Nc1nc(Cl)nc2c1ncn2Cc1ccc(CO)cc1. The van der Waals surface area contributed by atoms with Gasteiger partial charge in [0.1, 0.15) is 5.52 Å². The molecular weight excluding hydrogens is 278 g/mol. The van der Waals surface area contributed by atoms with Crippen LogP contribution in [0.15, 0.2) is 30.6 Å². The second-order valence-corrected chi connectivity index (χ2v) is 4.74. The van der Waals surface area contributed by atoms with Crippen LogP contribution in [0.4, 0.5) is 5.82 Å². The zero-order valence-corrected chi connectivity index (χ0v) is 11.2. The lowest BCUT2D eigenvalue weighted by Gasteiger charge is -2.05. The van der Waals surface area contributed by atoms with Gasteiger partial charge in [-0.3, -0.25) is 0 Å². The Morgan fingerprint density at radius 1 is 1.15 bits per heavy atom. The van der Waals surface area contributed by atoms with Crippen LogP contribution in [0.1, 0.15) is 11.1 Å². The van der Waals surface area contributed by atoms with Gasteiger partial charge < -0.3 is 15.4 Å². The Hall–Kier alpha value is -2.18. The van der Waals surface area contributed by atoms with Crippen molar-refractivity contribution in [3.63, 3.8) is 0 Å². The number of nitrogen functional groups attached to an aromatic ring is 1. The van der Waals surface area contributed by atoms with Crippen molar-refractivity contribution < 1.29 is 5.11 Å². The fourth-order valence-electron chi connectivity index (χ4n) is 2.00. The maximum Gasteiger partial charge on any atom is 0.226 e. The highest BCUT2D eigenvalue weighted by Crippen LogP contribution is 2.19. The first-order valence-corrected chi connectivity index (χ1v) is 6.37. The summed E-state index contributed by atoms with van der Waals surface area (Å²) >= 11 is 5.82. The Bertz CT molecular complexity index is 753. The molecule has 2 aromatic heterocycles. The molecule has 0 unspecified atom stereocenters. The molecule has 0 amide bonds. The molecule has 7 heteroatoms. The molecular formula is C13H12ClN5O. The number of nitrogens with zero attached hydrogens (tertiary/aromatic N) is 4. The number of hydrogen-bond acceptors (Lipinski definition) is 5. The van der Waals surface area contributed by atoms with Gasteiger partial charge in [0.15, 0.2) is 11.5 Å². The Morgan fingerprint density at radius 2 is 1.85 bits per heavy atom. The van der Waals surface area contributed by atoms with E-state index in [0.29, 0.717) is 17.7 Å². The van der Waals surface area contributed by atoms with E-state index in [1.54, 1.807) is 6.33 Å². The molecule has 3 rings (SSSR count). The summed E-state index contributed by atoms with van der Waals surface area (Å²) in [5, 5.41) is 9.13. The first kappa shape index (κ1) is 12.8. The summed E-state index contributed by atoms with van der Waals surface area (Å²) in [5.74, 6) is 0.273. The number of nitrogens with two attached hydrogens (primary N) is 1. The number of aliphatic hydroxyl groups is 1. The van der Waals surface area contributed by atoms with E-state index in [9.17, 15) is 0 Å². The number of imidazole rings is 1. The second kappa shape index (κ2) is 5.07. The summed E-state index contributed by atoms with van der Waals surface area (Å²) < 4.78 is 1.85. The number of halogens is 1. The minimum Gasteiger partial charge on any atom is -0.392 e. The van der Waals surface area contributed by atoms with Crippen LogP contribution in [-0.4, -0.2) is 24.6 Å². The van der Waals surface area contributed by atoms with Crippen molar-refractivity contribution in [1.82, 2.24) is 19.5 Å². The first-order valence-electron chi connectivity index (χ1n) is 6.00. The topological polar surface area (TPSA) is 89.9 Å². The van der Waals surface area contributed by atoms with Crippen molar-refractivity contribution in [3.05, 3.63) is 47.0 Å². The molecule has 0 saturated carbocycles. The monoisotopic (exact) mass is 289 g/mol. The fraction of sp³-hybridized carbons (Fsp3) is 0.154. The average Bonchev–Trinajstić information content (AvgIpc) is 2.83. The Kier molecular flexibility index (Phi) is 3.25. The average molecular weight is 290 g/mol. The molecule has 0 aliphatic heterocycles. The fourth-order valence-corrected chi connectivity index (χ4v) is 2.17. The summed E-state index contributed by atoms with van der Waals surface area (Å²) in [4.78, 5) is 12.2. The third-order valence-electron chi connectivity index (χ3n) is 3.02. The summed E-state index contributed by atoms with van der Waals surface area (Å²) in [6.45, 7) is 0.628. The molecule has 1 aromatic carbocycles. The Labute approximate surface area is 119 Å². The molecule has 0 spiro atoms. The van der Waals surface area contributed by atoms with Gasteiger partial charge in [0.05, 0.1) is 19.5 Å². The lowest BCUT2D eigenvalue weighted by Crippen LogP contribution is -2.01. The number of benzene rings is 1. The zero-order valence-electron chi connectivity index (χ0n) is 10.5.